The average Bonchev–Trinajstić information content (AvgIpc) is 2.83. The Morgan fingerprint density at radius 2 is 2.17 bits per heavy atom. The van der Waals surface area contributed by atoms with Crippen molar-refractivity contribution in [3.8, 4) is 5.75 Å². The van der Waals surface area contributed by atoms with Gasteiger partial charge in [0, 0.05) is 32.5 Å². The Labute approximate surface area is 140 Å². The van der Waals surface area contributed by atoms with Gasteiger partial charge in [0.05, 0.1) is 25.3 Å². The first-order chi connectivity index (χ1) is 11.5. The summed E-state index contributed by atoms with van der Waals surface area (Å²) in [6.45, 7) is 4.06. The minimum Gasteiger partial charge on any atom is -0.487 e. The number of amides is 1. The van der Waals surface area contributed by atoms with Crippen molar-refractivity contribution in [1.29, 1.82) is 0 Å². The summed E-state index contributed by atoms with van der Waals surface area (Å²) < 4.78 is 24.5. The van der Waals surface area contributed by atoms with Gasteiger partial charge < -0.3 is 19.9 Å². The van der Waals surface area contributed by atoms with E-state index in [2.05, 4.69) is 10.2 Å². The number of halogens is 1. The number of hydrogen-bond donors (Lipinski definition) is 2. The lowest BCUT2D eigenvalue weighted by atomic mass is 10.1. The van der Waals surface area contributed by atoms with Gasteiger partial charge in [0.2, 0.25) is 5.91 Å². The van der Waals surface area contributed by atoms with Crippen LogP contribution >= 0.6 is 0 Å². The Hall–Kier alpha value is -1.70. The molecule has 2 aliphatic rings. The van der Waals surface area contributed by atoms with Crippen LogP contribution in [-0.4, -0.2) is 66.5 Å². The van der Waals surface area contributed by atoms with Gasteiger partial charge in [-0.3, -0.25) is 9.69 Å². The molecule has 0 unspecified atom stereocenters. The molecule has 2 N–H and O–H groups in total. The van der Waals surface area contributed by atoms with Gasteiger partial charge in [-0.15, -0.1) is 0 Å². The zero-order valence-electron chi connectivity index (χ0n) is 13.7. The molecule has 1 aromatic carbocycles. The molecule has 0 radical (unpaired) electrons. The Kier molecular flexibility index (Phi) is 5.33. The number of hydrogen-bond acceptors (Lipinski definition) is 5. The Morgan fingerprint density at radius 3 is 2.83 bits per heavy atom. The van der Waals surface area contributed by atoms with Crippen molar-refractivity contribution in [3.05, 3.63) is 30.1 Å². The van der Waals surface area contributed by atoms with Gasteiger partial charge in [-0.2, -0.15) is 0 Å². The van der Waals surface area contributed by atoms with E-state index in [1.54, 1.807) is 12.1 Å². The number of nitrogens with one attached hydrogen (secondary N) is 1. The standard InChI is InChI=1S/C17H23FN2O4/c1-11(21)19-14-10-15(24-13-4-2-3-12(18)9-13)17(22)16(14)20-5-7-23-8-6-20/h2-4,9,14-17,22H,5-8,10H2,1H3,(H,19,21)/t14-,15-,16+,17+/m1/s1. The first-order valence-electron chi connectivity index (χ1n) is 8.24. The molecule has 0 spiro atoms. The number of rotatable bonds is 4. The highest BCUT2D eigenvalue weighted by atomic mass is 19.1. The minimum absolute atomic E-state index is 0.142. The van der Waals surface area contributed by atoms with Crippen molar-refractivity contribution in [1.82, 2.24) is 10.2 Å². The number of ether oxygens (including phenoxy) is 2. The van der Waals surface area contributed by atoms with E-state index in [9.17, 15) is 14.3 Å². The van der Waals surface area contributed by atoms with Crippen LogP contribution in [0.15, 0.2) is 24.3 Å². The van der Waals surface area contributed by atoms with Gasteiger partial charge in [-0.05, 0) is 12.1 Å². The molecule has 1 amide bonds. The molecule has 2 fully saturated rings. The fourth-order valence-corrected chi connectivity index (χ4v) is 3.57. The van der Waals surface area contributed by atoms with Crippen LogP contribution in [0.2, 0.25) is 0 Å². The molecule has 1 saturated carbocycles. The number of morpholine rings is 1. The largest absolute Gasteiger partial charge is 0.487 e. The number of benzene rings is 1. The zero-order chi connectivity index (χ0) is 17.1. The van der Waals surface area contributed by atoms with E-state index in [1.165, 1.54) is 19.1 Å². The van der Waals surface area contributed by atoms with Crippen LogP contribution in [0.4, 0.5) is 4.39 Å². The van der Waals surface area contributed by atoms with Crippen molar-refractivity contribution < 1.29 is 23.8 Å². The summed E-state index contributed by atoms with van der Waals surface area (Å²) >= 11 is 0. The summed E-state index contributed by atoms with van der Waals surface area (Å²) in [5.74, 6) is -0.150. The minimum atomic E-state index is -0.775. The summed E-state index contributed by atoms with van der Waals surface area (Å²) in [6, 6.07) is 5.41. The number of aliphatic hydroxyl groups is 1. The lowest BCUT2D eigenvalue weighted by Crippen LogP contribution is -2.56. The Bertz CT molecular complexity index is 579. The van der Waals surface area contributed by atoms with Crippen molar-refractivity contribution >= 4 is 5.91 Å². The van der Waals surface area contributed by atoms with E-state index in [1.807, 2.05) is 0 Å². The molecule has 1 aliphatic carbocycles. The molecule has 4 atom stereocenters. The van der Waals surface area contributed by atoms with Gasteiger partial charge in [0.15, 0.2) is 0 Å². The van der Waals surface area contributed by atoms with E-state index in [0.29, 0.717) is 38.5 Å². The van der Waals surface area contributed by atoms with Crippen molar-refractivity contribution in [2.24, 2.45) is 0 Å². The second-order valence-corrected chi connectivity index (χ2v) is 6.29. The number of carbonyl (C=O) groups is 1. The molecule has 1 aromatic rings. The summed E-state index contributed by atoms with van der Waals surface area (Å²) in [5.41, 5.74) is 0. The summed E-state index contributed by atoms with van der Waals surface area (Å²) in [6.07, 6.45) is -0.807. The lowest BCUT2D eigenvalue weighted by Gasteiger charge is -2.37. The van der Waals surface area contributed by atoms with Gasteiger partial charge in [-0.25, -0.2) is 4.39 Å². The Balaban J connectivity index is 1.75. The zero-order valence-corrected chi connectivity index (χ0v) is 13.7. The molecule has 3 rings (SSSR count). The maximum atomic E-state index is 13.3. The maximum absolute atomic E-state index is 13.3. The predicted molar refractivity (Wildman–Crippen MR) is 85.2 cm³/mol. The van der Waals surface area contributed by atoms with Crippen LogP contribution in [0, 0.1) is 5.82 Å². The quantitative estimate of drug-likeness (QED) is 0.839. The molecule has 0 aromatic heterocycles. The van der Waals surface area contributed by atoms with Gasteiger partial charge in [0.1, 0.15) is 23.8 Å². The van der Waals surface area contributed by atoms with Gasteiger partial charge in [-0.1, -0.05) is 6.07 Å². The topological polar surface area (TPSA) is 71.0 Å². The lowest BCUT2D eigenvalue weighted by molar-refractivity contribution is -0.120. The normalized spacial score (nSPS) is 31.0. The van der Waals surface area contributed by atoms with Crippen molar-refractivity contribution in [2.45, 2.75) is 37.6 Å². The molecular weight excluding hydrogens is 315 g/mol. The number of aliphatic hydroxyl groups excluding tert-OH is 1. The first kappa shape index (κ1) is 17.1. The smallest absolute Gasteiger partial charge is 0.217 e. The van der Waals surface area contributed by atoms with E-state index in [4.69, 9.17) is 9.47 Å². The average molecular weight is 338 g/mol. The van der Waals surface area contributed by atoms with Crippen LogP contribution in [0.5, 0.6) is 5.75 Å². The van der Waals surface area contributed by atoms with E-state index >= 15 is 0 Å². The second kappa shape index (κ2) is 7.46. The van der Waals surface area contributed by atoms with Crippen molar-refractivity contribution in [3.63, 3.8) is 0 Å². The summed E-state index contributed by atoms with van der Waals surface area (Å²) in [4.78, 5) is 13.6. The molecular formula is C17H23FN2O4. The highest BCUT2D eigenvalue weighted by molar-refractivity contribution is 5.73. The summed E-state index contributed by atoms with van der Waals surface area (Å²) in [7, 11) is 0. The molecule has 0 bridgehead atoms. The first-order valence-corrected chi connectivity index (χ1v) is 8.24. The van der Waals surface area contributed by atoms with Gasteiger partial charge in [0.25, 0.3) is 0 Å². The molecule has 7 heteroatoms. The third kappa shape index (κ3) is 3.85. The molecule has 132 valence electrons. The molecule has 24 heavy (non-hydrogen) atoms. The van der Waals surface area contributed by atoms with Crippen LogP contribution in [0.3, 0.4) is 0 Å². The highest BCUT2D eigenvalue weighted by Gasteiger charge is 2.47. The predicted octanol–water partition coefficient (Wildman–Crippen LogP) is 0.543. The van der Waals surface area contributed by atoms with E-state index in [0.717, 1.165) is 0 Å². The molecule has 1 saturated heterocycles. The fraction of sp³-hybridized carbons (Fsp3) is 0.588. The van der Waals surface area contributed by atoms with Crippen LogP contribution < -0.4 is 10.1 Å². The molecule has 6 nitrogen and oxygen atoms in total. The van der Waals surface area contributed by atoms with Gasteiger partial charge >= 0.3 is 0 Å². The maximum Gasteiger partial charge on any atom is 0.217 e. The number of nitrogens with zero attached hydrogens (tertiary/aromatic N) is 1. The highest BCUT2D eigenvalue weighted by Crippen LogP contribution is 2.30. The van der Waals surface area contributed by atoms with Crippen LogP contribution in [0.25, 0.3) is 0 Å². The van der Waals surface area contributed by atoms with E-state index in [-0.39, 0.29) is 23.8 Å². The third-order valence-corrected chi connectivity index (χ3v) is 4.57. The monoisotopic (exact) mass is 338 g/mol. The number of carbonyl (C=O) groups excluding carboxylic acids is 1. The molecule has 1 heterocycles. The van der Waals surface area contributed by atoms with Crippen molar-refractivity contribution in [2.75, 3.05) is 26.3 Å². The fourth-order valence-electron chi connectivity index (χ4n) is 3.57. The van der Waals surface area contributed by atoms with Crippen LogP contribution in [-0.2, 0) is 9.53 Å². The molecule has 1 aliphatic heterocycles. The Morgan fingerprint density at radius 1 is 1.42 bits per heavy atom. The van der Waals surface area contributed by atoms with Crippen LogP contribution in [0.1, 0.15) is 13.3 Å². The third-order valence-electron chi connectivity index (χ3n) is 4.57. The summed E-state index contributed by atoms with van der Waals surface area (Å²) in [5, 5.41) is 13.7. The SMILES string of the molecule is CC(=O)N[C@@H]1C[C@@H](Oc2cccc(F)c2)[C@H](O)[C@H]1N1CCOCC1. The van der Waals surface area contributed by atoms with E-state index < -0.39 is 12.2 Å². The second-order valence-electron chi connectivity index (χ2n) is 6.29.